The summed E-state index contributed by atoms with van der Waals surface area (Å²) in [7, 11) is -0.220. The highest BCUT2D eigenvalue weighted by Crippen LogP contribution is 2.39. The lowest BCUT2D eigenvalue weighted by Crippen LogP contribution is -2.36. The number of halogens is 3. The molecule has 36 heavy (non-hydrogen) atoms. The van der Waals surface area contributed by atoms with Crippen molar-refractivity contribution < 1.29 is 17.7 Å². The molecule has 1 saturated heterocycles. The number of thiophene rings is 1. The van der Waals surface area contributed by atoms with Gasteiger partial charge in [0.05, 0.1) is 28.2 Å². The van der Waals surface area contributed by atoms with Gasteiger partial charge in [-0.25, -0.2) is 0 Å². The van der Waals surface area contributed by atoms with Gasteiger partial charge in [0.15, 0.2) is 0 Å². The third kappa shape index (κ3) is 6.85. The van der Waals surface area contributed by atoms with Gasteiger partial charge in [0.1, 0.15) is 7.14 Å². The number of fused-ring (bicyclic) bond motifs is 1. The van der Waals surface area contributed by atoms with Gasteiger partial charge in [-0.3, -0.25) is 0 Å². The highest BCUT2D eigenvalue weighted by Gasteiger charge is 2.31. The monoisotopic (exact) mass is 533 g/mol. The van der Waals surface area contributed by atoms with Crippen LogP contribution in [0.1, 0.15) is 23.3 Å². The zero-order chi connectivity index (χ0) is 25.9. The summed E-state index contributed by atoms with van der Waals surface area (Å²) in [6.07, 6.45) is -3.32. The summed E-state index contributed by atoms with van der Waals surface area (Å²) in [5.41, 5.74) is 1.94. The molecule has 0 saturated carbocycles. The van der Waals surface area contributed by atoms with E-state index in [-0.39, 0.29) is 12.1 Å². The van der Waals surface area contributed by atoms with Crippen molar-refractivity contribution in [3.05, 3.63) is 52.9 Å². The SMILES string of the molecule is CN1CCC(Nc2cccc3c(CC(F)(F)F)c(C#CCNc4ccc(P(C)(C)=O)cc4)sc23)CC1. The highest BCUT2D eigenvalue weighted by molar-refractivity contribution is 7.70. The van der Waals surface area contributed by atoms with Crippen LogP contribution in [-0.2, 0) is 11.0 Å². The zero-order valence-electron chi connectivity index (χ0n) is 20.7. The number of hydrogen-bond donors (Lipinski definition) is 2. The molecular formula is C27H31F3N3OPS. The second-order valence-corrected chi connectivity index (χ2v) is 13.9. The molecule has 1 aliphatic rings. The summed E-state index contributed by atoms with van der Waals surface area (Å²) in [5.74, 6) is 5.98. The maximum atomic E-state index is 13.5. The number of alkyl halides is 3. The Hall–Kier alpha value is -2.46. The Bertz CT molecular complexity index is 1310. The van der Waals surface area contributed by atoms with Crippen LogP contribution in [0.5, 0.6) is 0 Å². The summed E-state index contributed by atoms with van der Waals surface area (Å²) >= 11 is 1.33. The topological polar surface area (TPSA) is 44.4 Å². The number of piperidine rings is 1. The minimum Gasteiger partial charge on any atom is -0.381 e. The Morgan fingerprint density at radius 1 is 1.11 bits per heavy atom. The van der Waals surface area contributed by atoms with E-state index in [2.05, 4.69) is 34.4 Å². The highest BCUT2D eigenvalue weighted by atomic mass is 32.1. The van der Waals surface area contributed by atoms with Gasteiger partial charge in [-0.05, 0) is 87.6 Å². The van der Waals surface area contributed by atoms with E-state index in [1.54, 1.807) is 19.4 Å². The molecule has 192 valence electrons. The molecule has 2 aromatic carbocycles. The molecule has 0 unspecified atom stereocenters. The minimum atomic E-state index is -4.32. The fraction of sp³-hybridized carbons (Fsp3) is 0.407. The maximum absolute atomic E-state index is 13.5. The average molecular weight is 534 g/mol. The smallest absolute Gasteiger partial charge is 0.381 e. The Balaban J connectivity index is 1.55. The van der Waals surface area contributed by atoms with Gasteiger partial charge in [0, 0.05) is 17.0 Å². The number of hydrogen-bond acceptors (Lipinski definition) is 5. The molecule has 1 aromatic heterocycles. The van der Waals surface area contributed by atoms with E-state index in [0.717, 1.165) is 47.3 Å². The predicted molar refractivity (Wildman–Crippen MR) is 147 cm³/mol. The molecule has 0 bridgehead atoms. The molecule has 1 aliphatic heterocycles. The standard InChI is InChI=1S/C27H31F3N3OPS/c1-33-16-13-20(14-17-33)32-24-7-4-6-22-23(18-27(28,29)30)25(36-26(22)24)8-5-15-31-19-9-11-21(12-10-19)35(2,3)34/h4,6-7,9-12,20,31-32H,13-18H2,1-3H3. The van der Waals surface area contributed by atoms with Gasteiger partial charge < -0.3 is 20.1 Å². The summed E-state index contributed by atoms with van der Waals surface area (Å²) < 4.78 is 53.4. The van der Waals surface area contributed by atoms with Crippen molar-refractivity contribution >= 4 is 45.2 Å². The number of rotatable bonds is 6. The molecule has 2 heterocycles. The van der Waals surface area contributed by atoms with E-state index in [1.807, 2.05) is 36.4 Å². The third-order valence-electron chi connectivity index (χ3n) is 6.35. The molecule has 9 heteroatoms. The summed E-state index contributed by atoms with van der Waals surface area (Å²) in [6.45, 7) is 5.73. The van der Waals surface area contributed by atoms with E-state index < -0.39 is 19.7 Å². The first-order valence-corrected chi connectivity index (χ1v) is 15.4. The molecule has 3 aromatic rings. The number of benzene rings is 2. The average Bonchev–Trinajstić information content (AvgIpc) is 3.15. The summed E-state index contributed by atoms with van der Waals surface area (Å²) in [5, 5.41) is 8.15. The van der Waals surface area contributed by atoms with Crippen molar-refractivity contribution in [1.82, 2.24) is 4.90 Å². The summed E-state index contributed by atoms with van der Waals surface area (Å²) in [4.78, 5) is 2.74. The molecule has 4 rings (SSSR count). The van der Waals surface area contributed by atoms with E-state index in [1.165, 1.54) is 11.3 Å². The van der Waals surface area contributed by atoms with E-state index in [9.17, 15) is 17.7 Å². The Morgan fingerprint density at radius 3 is 2.44 bits per heavy atom. The third-order valence-corrected chi connectivity index (χ3v) is 9.08. The second kappa shape index (κ2) is 10.9. The van der Waals surface area contributed by atoms with Crippen LogP contribution >= 0.6 is 18.5 Å². The van der Waals surface area contributed by atoms with E-state index in [4.69, 9.17) is 0 Å². The van der Waals surface area contributed by atoms with Crippen LogP contribution in [0.15, 0.2) is 42.5 Å². The van der Waals surface area contributed by atoms with Crippen LogP contribution in [0.2, 0.25) is 0 Å². The van der Waals surface area contributed by atoms with Gasteiger partial charge in [0.25, 0.3) is 0 Å². The van der Waals surface area contributed by atoms with E-state index in [0.29, 0.717) is 16.3 Å². The van der Waals surface area contributed by atoms with Gasteiger partial charge in [-0.2, -0.15) is 13.2 Å². The van der Waals surface area contributed by atoms with Crippen LogP contribution in [0.4, 0.5) is 24.5 Å². The van der Waals surface area contributed by atoms with Crippen LogP contribution in [-0.4, -0.2) is 57.1 Å². The Kier molecular flexibility index (Phi) is 8.04. The van der Waals surface area contributed by atoms with Crippen LogP contribution in [0.25, 0.3) is 10.1 Å². The first-order valence-electron chi connectivity index (χ1n) is 11.9. The van der Waals surface area contributed by atoms with Crippen LogP contribution < -0.4 is 15.9 Å². The Labute approximate surface area is 214 Å². The quantitative estimate of drug-likeness (QED) is 0.292. The van der Waals surface area contributed by atoms with Crippen molar-refractivity contribution in [2.75, 3.05) is 50.6 Å². The second-order valence-electron chi connectivity index (χ2n) is 9.66. The molecule has 4 nitrogen and oxygen atoms in total. The van der Waals surface area contributed by atoms with Crippen molar-refractivity contribution in [3.63, 3.8) is 0 Å². The van der Waals surface area contributed by atoms with Gasteiger partial charge >= 0.3 is 6.18 Å². The largest absolute Gasteiger partial charge is 0.393 e. The molecular weight excluding hydrogens is 502 g/mol. The summed E-state index contributed by atoms with van der Waals surface area (Å²) in [6, 6.07) is 13.2. The lowest BCUT2D eigenvalue weighted by molar-refractivity contribution is -0.126. The maximum Gasteiger partial charge on any atom is 0.393 e. The van der Waals surface area contributed by atoms with Gasteiger partial charge in [0.2, 0.25) is 0 Å². The van der Waals surface area contributed by atoms with Crippen molar-refractivity contribution in [2.24, 2.45) is 0 Å². The number of anilines is 2. The van der Waals surface area contributed by atoms with E-state index >= 15 is 0 Å². The van der Waals surface area contributed by atoms with Gasteiger partial charge in [-0.1, -0.05) is 24.0 Å². The van der Waals surface area contributed by atoms with Gasteiger partial charge in [-0.15, -0.1) is 11.3 Å². The molecule has 0 spiro atoms. The zero-order valence-corrected chi connectivity index (χ0v) is 22.4. The fourth-order valence-corrected chi connectivity index (χ4v) is 6.38. The molecule has 0 aliphatic carbocycles. The number of nitrogens with zero attached hydrogens (tertiary/aromatic N) is 1. The lowest BCUT2D eigenvalue weighted by atomic mass is 10.0. The van der Waals surface area contributed by atoms with Crippen molar-refractivity contribution in [3.8, 4) is 11.8 Å². The van der Waals surface area contributed by atoms with Crippen molar-refractivity contribution in [2.45, 2.75) is 31.5 Å². The van der Waals surface area contributed by atoms with Crippen molar-refractivity contribution in [1.29, 1.82) is 0 Å². The lowest BCUT2D eigenvalue weighted by Gasteiger charge is -2.30. The first-order chi connectivity index (χ1) is 17.0. The Morgan fingerprint density at radius 2 is 1.81 bits per heavy atom. The number of nitrogens with one attached hydrogen (secondary N) is 2. The minimum absolute atomic E-state index is 0.244. The predicted octanol–water partition coefficient (Wildman–Crippen LogP) is 6.22. The molecule has 0 atom stereocenters. The van der Waals surface area contributed by atoms with Crippen LogP contribution in [0.3, 0.4) is 0 Å². The molecule has 1 fully saturated rings. The number of likely N-dealkylation sites (tertiary alicyclic amines) is 1. The van der Waals surface area contributed by atoms with Crippen LogP contribution in [0, 0.1) is 11.8 Å². The molecule has 0 amide bonds. The molecule has 2 N–H and O–H groups in total. The first kappa shape index (κ1) is 26.6. The fourth-order valence-electron chi connectivity index (χ4n) is 4.34. The molecule has 0 radical (unpaired) electrons. The normalized spacial score (nSPS) is 15.5.